The fraction of sp³-hybridized carbons (Fsp3) is 0.217. The fourth-order valence-electron chi connectivity index (χ4n) is 4.25. The highest BCUT2D eigenvalue weighted by Crippen LogP contribution is 2.41. The van der Waals surface area contributed by atoms with Crippen LogP contribution in [0.3, 0.4) is 0 Å². The molecule has 3 unspecified atom stereocenters. The molecule has 2 heterocycles. The molecule has 31 heavy (non-hydrogen) atoms. The van der Waals surface area contributed by atoms with Crippen molar-refractivity contribution >= 4 is 34.8 Å². The molecule has 1 aliphatic rings. The lowest BCUT2D eigenvalue weighted by atomic mass is 9.77. The number of aromatic amines is 1. The number of nitrogens with zero attached hydrogens (tertiary/aromatic N) is 1. The molecule has 3 aromatic rings. The molecule has 3 atom stereocenters. The van der Waals surface area contributed by atoms with E-state index in [1.165, 1.54) is 30.5 Å². The third-order valence-corrected chi connectivity index (χ3v) is 5.65. The van der Waals surface area contributed by atoms with Crippen LogP contribution in [0.5, 0.6) is 0 Å². The van der Waals surface area contributed by atoms with Crippen molar-refractivity contribution in [1.29, 1.82) is 0 Å². The largest absolute Gasteiger partial charge is 0.480 e. The molecule has 1 aliphatic heterocycles. The van der Waals surface area contributed by atoms with Gasteiger partial charge in [-0.1, -0.05) is 18.2 Å². The van der Waals surface area contributed by atoms with Crippen LogP contribution in [0, 0.1) is 11.7 Å². The normalized spacial score (nSPS) is 18.9. The number of rotatable bonds is 6. The summed E-state index contributed by atoms with van der Waals surface area (Å²) in [6, 6.07) is 12.4. The second-order valence-corrected chi connectivity index (χ2v) is 7.58. The molecular weight excluding hydrogens is 401 g/mol. The van der Waals surface area contributed by atoms with Gasteiger partial charge in [0, 0.05) is 53.2 Å². The van der Waals surface area contributed by atoms with E-state index in [1.54, 1.807) is 0 Å². The quantitative estimate of drug-likeness (QED) is 0.529. The zero-order valence-electron chi connectivity index (χ0n) is 16.4. The third kappa shape index (κ3) is 3.84. The van der Waals surface area contributed by atoms with E-state index in [2.05, 4.69) is 9.98 Å². The molecule has 0 spiro atoms. The average molecular weight is 421 g/mol. The minimum absolute atomic E-state index is 0.115. The molecule has 1 aromatic heterocycles. The van der Waals surface area contributed by atoms with Crippen LogP contribution in [0.2, 0.25) is 0 Å². The van der Waals surface area contributed by atoms with E-state index in [4.69, 9.17) is 5.73 Å². The maximum Gasteiger partial charge on any atom is 0.318 e. The van der Waals surface area contributed by atoms with Crippen molar-refractivity contribution in [1.82, 2.24) is 4.98 Å². The lowest BCUT2D eigenvalue weighted by molar-refractivity contribution is -0.137. The lowest BCUT2D eigenvalue weighted by Crippen LogP contribution is -2.30. The first kappa shape index (κ1) is 20.5. The standard InChI is InChI=1S/C23H20FN3O4/c24-13-7-5-12(6-8-13)22(29)15(9-19(25)28)16-10-26-11-17(23(30)31)21-20(16)14-3-1-2-4-18(14)27-21/h1-8,11,15-17,27H,9-10H2,(H2,25,28)(H,30,31). The van der Waals surface area contributed by atoms with Crippen LogP contribution >= 0.6 is 0 Å². The van der Waals surface area contributed by atoms with E-state index in [0.717, 1.165) is 10.9 Å². The maximum atomic E-state index is 13.4. The second kappa shape index (κ2) is 8.14. The molecule has 0 fully saturated rings. The minimum atomic E-state index is -1.08. The number of aromatic nitrogens is 1. The molecule has 4 rings (SSSR count). The Morgan fingerprint density at radius 2 is 1.87 bits per heavy atom. The smallest absolute Gasteiger partial charge is 0.318 e. The van der Waals surface area contributed by atoms with Gasteiger partial charge >= 0.3 is 5.97 Å². The number of nitrogens with two attached hydrogens (primary N) is 1. The van der Waals surface area contributed by atoms with Gasteiger partial charge in [-0.15, -0.1) is 0 Å². The minimum Gasteiger partial charge on any atom is -0.480 e. The van der Waals surface area contributed by atoms with Crippen molar-refractivity contribution in [2.45, 2.75) is 18.3 Å². The molecule has 8 heteroatoms. The number of nitrogens with one attached hydrogen (secondary N) is 1. The van der Waals surface area contributed by atoms with Gasteiger partial charge in [0.25, 0.3) is 0 Å². The number of hydrogen-bond acceptors (Lipinski definition) is 4. The Bertz CT molecular complexity index is 1200. The van der Waals surface area contributed by atoms with Crippen molar-refractivity contribution in [2.75, 3.05) is 6.54 Å². The van der Waals surface area contributed by atoms with Gasteiger partial charge in [0.05, 0.1) is 0 Å². The number of carbonyl (C=O) groups excluding carboxylic acids is 2. The Labute approximate surface area is 176 Å². The van der Waals surface area contributed by atoms with Gasteiger partial charge in [0.1, 0.15) is 11.7 Å². The molecule has 2 aromatic carbocycles. The number of primary amides is 1. The topological polar surface area (TPSA) is 126 Å². The maximum absolute atomic E-state index is 13.4. The van der Waals surface area contributed by atoms with Gasteiger partial charge in [-0.2, -0.15) is 0 Å². The number of aliphatic imine (C=N–C) groups is 1. The first-order valence-electron chi connectivity index (χ1n) is 9.78. The van der Waals surface area contributed by atoms with Crippen molar-refractivity contribution in [3.05, 3.63) is 71.2 Å². The number of carboxylic acids is 1. The van der Waals surface area contributed by atoms with Crippen molar-refractivity contribution in [3.8, 4) is 0 Å². The Morgan fingerprint density at radius 3 is 2.55 bits per heavy atom. The van der Waals surface area contributed by atoms with E-state index < -0.39 is 35.4 Å². The molecule has 1 amide bonds. The number of Topliss-reactive ketones (excluding diaryl/α,β-unsaturated/α-hetero) is 1. The number of carboxylic acid groups (broad SMARTS) is 1. The number of para-hydroxylation sites is 1. The highest BCUT2D eigenvalue weighted by molar-refractivity contribution is 6.02. The Morgan fingerprint density at radius 1 is 1.16 bits per heavy atom. The molecule has 0 saturated carbocycles. The summed E-state index contributed by atoms with van der Waals surface area (Å²) >= 11 is 0. The Kier molecular flexibility index (Phi) is 5.37. The van der Waals surface area contributed by atoms with Crippen LogP contribution < -0.4 is 5.73 Å². The van der Waals surface area contributed by atoms with Crippen LogP contribution in [0.1, 0.15) is 39.9 Å². The zero-order valence-corrected chi connectivity index (χ0v) is 16.4. The number of aliphatic carboxylic acids is 1. The van der Waals surface area contributed by atoms with Gasteiger partial charge in [0.2, 0.25) is 5.91 Å². The summed E-state index contributed by atoms with van der Waals surface area (Å²) in [7, 11) is 0. The van der Waals surface area contributed by atoms with E-state index in [1.807, 2.05) is 24.3 Å². The average Bonchev–Trinajstić information content (AvgIpc) is 3.00. The molecule has 0 radical (unpaired) electrons. The zero-order chi connectivity index (χ0) is 22.1. The van der Waals surface area contributed by atoms with Crippen LogP contribution in [0.4, 0.5) is 4.39 Å². The lowest BCUT2D eigenvalue weighted by Gasteiger charge is -2.25. The molecule has 0 saturated heterocycles. The van der Waals surface area contributed by atoms with Crippen molar-refractivity contribution in [3.63, 3.8) is 0 Å². The first-order valence-corrected chi connectivity index (χ1v) is 9.78. The summed E-state index contributed by atoms with van der Waals surface area (Å²) in [6.45, 7) is 0.115. The molecule has 4 N–H and O–H groups in total. The number of hydrogen-bond donors (Lipinski definition) is 3. The number of fused-ring (bicyclic) bond motifs is 3. The Balaban J connectivity index is 1.88. The van der Waals surface area contributed by atoms with Gasteiger partial charge in [-0.25, -0.2) is 4.39 Å². The number of ketones is 1. The van der Waals surface area contributed by atoms with E-state index in [9.17, 15) is 23.9 Å². The summed E-state index contributed by atoms with van der Waals surface area (Å²) < 4.78 is 13.4. The number of benzene rings is 2. The Hall–Kier alpha value is -3.81. The number of H-pyrrole nitrogens is 1. The van der Waals surface area contributed by atoms with E-state index >= 15 is 0 Å². The summed E-state index contributed by atoms with van der Waals surface area (Å²) in [6.07, 6.45) is 1.10. The molecule has 158 valence electrons. The monoisotopic (exact) mass is 421 g/mol. The summed E-state index contributed by atoms with van der Waals surface area (Å²) in [5.41, 5.74) is 7.52. The fourth-order valence-corrected chi connectivity index (χ4v) is 4.25. The van der Waals surface area contributed by atoms with Gasteiger partial charge < -0.3 is 15.8 Å². The van der Waals surface area contributed by atoms with Gasteiger partial charge in [-0.3, -0.25) is 19.4 Å². The number of carbonyl (C=O) groups is 3. The molecule has 7 nitrogen and oxygen atoms in total. The molecular formula is C23H20FN3O4. The van der Waals surface area contributed by atoms with Crippen LogP contribution in [-0.2, 0) is 9.59 Å². The number of halogens is 1. The van der Waals surface area contributed by atoms with Crippen LogP contribution in [-0.4, -0.2) is 40.5 Å². The van der Waals surface area contributed by atoms with Crippen molar-refractivity contribution in [2.24, 2.45) is 16.6 Å². The SMILES string of the molecule is NC(=O)CC(C(=O)c1ccc(F)cc1)C1CN=CC(C(=O)O)c2[nH]c3ccccc3c21. The molecule has 0 bridgehead atoms. The highest BCUT2D eigenvalue weighted by Gasteiger charge is 2.38. The molecule has 0 aliphatic carbocycles. The third-order valence-electron chi connectivity index (χ3n) is 5.65. The number of amides is 1. The van der Waals surface area contributed by atoms with Gasteiger partial charge in [0.15, 0.2) is 5.78 Å². The predicted octanol–water partition coefficient (Wildman–Crippen LogP) is 3.02. The van der Waals surface area contributed by atoms with Gasteiger partial charge in [-0.05, 0) is 35.9 Å². The summed E-state index contributed by atoms with van der Waals surface area (Å²) in [4.78, 5) is 44.6. The van der Waals surface area contributed by atoms with Crippen LogP contribution in [0.25, 0.3) is 10.9 Å². The van der Waals surface area contributed by atoms with E-state index in [-0.39, 0.29) is 24.3 Å². The first-order chi connectivity index (χ1) is 14.9. The second-order valence-electron chi connectivity index (χ2n) is 7.58. The summed E-state index contributed by atoms with van der Waals surface area (Å²) in [5, 5.41) is 10.5. The predicted molar refractivity (Wildman–Crippen MR) is 113 cm³/mol. The van der Waals surface area contributed by atoms with E-state index in [0.29, 0.717) is 11.3 Å². The summed E-state index contributed by atoms with van der Waals surface area (Å²) in [5.74, 6) is -5.07. The highest BCUT2D eigenvalue weighted by atomic mass is 19.1. The van der Waals surface area contributed by atoms with Crippen molar-refractivity contribution < 1.29 is 23.9 Å². The van der Waals surface area contributed by atoms with Crippen LogP contribution in [0.15, 0.2) is 53.5 Å².